The van der Waals surface area contributed by atoms with Gasteiger partial charge < -0.3 is 15.3 Å². The lowest BCUT2D eigenvalue weighted by atomic mass is 9.65. The summed E-state index contributed by atoms with van der Waals surface area (Å²) < 4.78 is 1.80. The molecule has 0 aromatic carbocycles. The minimum Gasteiger partial charge on any atom is -0.390 e. The summed E-state index contributed by atoms with van der Waals surface area (Å²) in [5.41, 5.74) is 3.47. The summed E-state index contributed by atoms with van der Waals surface area (Å²) in [5.74, 6) is 1.21. The van der Waals surface area contributed by atoms with Crippen molar-refractivity contribution in [2.75, 3.05) is 18.0 Å². The number of hydrogen-bond donors (Lipinski definition) is 2. The monoisotopic (exact) mass is 583 g/mol. The van der Waals surface area contributed by atoms with E-state index in [0.717, 1.165) is 66.8 Å². The van der Waals surface area contributed by atoms with Crippen LogP contribution in [0.5, 0.6) is 0 Å². The van der Waals surface area contributed by atoms with Crippen molar-refractivity contribution in [2.45, 2.75) is 63.5 Å². The largest absolute Gasteiger partial charge is 0.390 e. The molecule has 4 aromatic rings. The molecule has 2 N–H and O–H groups in total. The van der Waals surface area contributed by atoms with E-state index in [-0.39, 0.29) is 23.1 Å². The van der Waals surface area contributed by atoms with Gasteiger partial charge in [-0.1, -0.05) is 11.6 Å². The molecule has 9 nitrogen and oxygen atoms in total. The molecule has 0 unspecified atom stereocenters. The number of anilines is 1. The summed E-state index contributed by atoms with van der Waals surface area (Å²) in [6.07, 6.45) is 10.4. The highest BCUT2D eigenvalue weighted by Gasteiger charge is 2.40. The summed E-state index contributed by atoms with van der Waals surface area (Å²) in [6, 6.07) is 11.9. The van der Waals surface area contributed by atoms with Gasteiger partial charge in [0.15, 0.2) is 0 Å². The highest BCUT2D eigenvalue weighted by atomic mass is 35.5. The van der Waals surface area contributed by atoms with Crippen LogP contribution in [0.4, 0.5) is 5.82 Å². The molecule has 10 heteroatoms. The lowest BCUT2D eigenvalue weighted by Crippen LogP contribution is -2.53. The molecule has 0 radical (unpaired) electrons. The Hall–Kier alpha value is -4.00. The molecule has 2 fully saturated rings. The van der Waals surface area contributed by atoms with Crippen LogP contribution < -0.4 is 10.2 Å². The number of amides is 1. The molecule has 216 valence electrons. The number of pyridine rings is 3. The van der Waals surface area contributed by atoms with E-state index in [1.807, 2.05) is 32.3 Å². The maximum absolute atomic E-state index is 12.8. The first-order valence-corrected chi connectivity index (χ1v) is 14.7. The number of carbonyl (C=O) groups excluding carboxylic acids is 1. The third-order valence-corrected chi connectivity index (χ3v) is 9.31. The number of aromatic nitrogens is 4. The molecule has 1 aliphatic heterocycles. The highest BCUT2D eigenvalue weighted by Crippen LogP contribution is 2.47. The van der Waals surface area contributed by atoms with Crippen LogP contribution in [-0.2, 0) is 0 Å². The molecular weight excluding hydrogens is 550 g/mol. The zero-order chi connectivity index (χ0) is 29.6. The van der Waals surface area contributed by atoms with Gasteiger partial charge in [-0.05, 0) is 94.2 Å². The number of piperidine rings is 1. The molecule has 0 spiro atoms. The lowest BCUT2D eigenvalue weighted by Gasteiger charge is -2.42. The number of rotatable bonds is 6. The molecule has 42 heavy (non-hydrogen) atoms. The standard InChI is InChI=1S/C32H34ClN7O2/c1-31(2,42)24-13-21(14-24)22-15-25(29-23(16-34)18-37-40(29)19-22)20-6-7-27(36-17-20)39-11-8-32(3,9-12-39)38-30(41)28-26(33)5-4-10-35-28/h4-7,10,15,17-19,21,24,42H,8-9,11-14H2,1-3H3,(H,38,41). The van der Waals surface area contributed by atoms with Crippen LogP contribution in [0, 0.1) is 17.2 Å². The zero-order valence-corrected chi connectivity index (χ0v) is 24.8. The van der Waals surface area contributed by atoms with Crippen molar-refractivity contribution >= 4 is 28.8 Å². The average molecular weight is 584 g/mol. The third-order valence-electron chi connectivity index (χ3n) is 9.00. The van der Waals surface area contributed by atoms with Gasteiger partial charge in [0.05, 0.1) is 27.9 Å². The molecule has 0 atom stereocenters. The fourth-order valence-corrected chi connectivity index (χ4v) is 6.31. The van der Waals surface area contributed by atoms with E-state index in [1.54, 1.807) is 29.0 Å². The van der Waals surface area contributed by atoms with E-state index in [2.05, 4.69) is 45.4 Å². The summed E-state index contributed by atoms with van der Waals surface area (Å²) >= 11 is 6.17. The van der Waals surface area contributed by atoms with E-state index in [9.17, 15) is 15.2 Å². The SMILES string of the molecule is CC1(NC(=O)c2ncccc2Cl)CCN(c2ccc(-c3cc(C4CC(C(C)(C)O)C4)cn4ncc(C#N)c34)cn2)CC1. The Morgan fingerprint density at radius 2 is 1.95 bits per heavy atom. The van der Waals surface area contributed by atoms with Gasteiger partial charge in [-0.2, -0.15) is 10.4 Å². The number of fused-ring (bicyclic) bond motifs is 1. The van der Waals surface area contributed by atoms with Crippen molar-refractivity contribution in [1.29, 1.82) is 5.26 Å². The van der Waals surface area contributed by atoms with Gasteiger partial charge >= 0.3 is 0 Å². The fourth-order valence-electron chi connectivity index (χ4n) is 6.11. The topological polar surface area (TPSA) is 119 Å². The van der Waals surface area contributed by atoms with Crippen molar-refractivity contribution in [3.05, 3.63) is 77.0 Å². The van der Waals surface area contributed by atoms with E-state index in [4.69, 9.17) is 16.6 Å². The van der Waals surface area contributed by atoms with Crippen molar-refractivity contribution in [1.82, 2.24) is 24.9 Å². The maximum atomic E-state index is 12.8. The van der Waals surface area contributed by atoms with Gasteiger partial charge in [0.1, 0.15) is 17.6 Å². The van der Waals surface area contributed by atoms with E-state index in [0.29, 0.717) is 16.5 Å². The van der Waals surface area contributed by atoms with Gasteiger partial charge in [-0.15, -0.1) is 0 Å². The zero-order valence-electron chi connectivity index (χ0n) is 24.0. The Balaban J connectivity index is 1.19. The van der Waals surface area contributed by atoms with E-state index >= 15 is 0 Å². The highest BCUT2D eigenvalue weighted by molar-refractivity contribution is 6.33. The van der Waals surface area contributed by atoms with Gasteiger partial charge in [0, 0.05) is 48.3 Å². The molecule has 6 rings (SSSR count). The predicted molar refractivity (Wildman–Crippen MR) is 161 cm³/mol. The van der Waals surface area contributed by atoms with Crippen molar-refractivity contribution in [3.8, 4) is 17.2 Å². The Kier molecular flexibility index (Phi) is 7.16. The van der Waals surface area contributed by atoms with E-state index < -0.39 is 5.60 Å². The van der Waals surface area contributed by atoms with Crippen LogP contribution in [0.25, 0.3) is 16.6 Å². The van der Waals surface area contributed by atoms with Crippen molar-refractivity contribution in [2.24, 2.45) is 5.92 Å². The third kappa shape index (κ3) is 5.33. The van der Waals surface area contributed by atoms with Crippen molar-refractivity contribution in [3.63, 3.8) is 0 Å². The van der Waals surface area contributed by atoms with Gasteiger partial charge in [-0.3, -0.25) is 4.79 Å². The number of aliphatic hydroxyl groups is 1. The number of nitrogens with one attached hydrogen (secondary N) is 1. The fraction of sp³-hybridized carbons (Fsp3) is 0.406. The van der Waals surface area contributed by atoms with Crippen LogP contribution in [0.2, 0.25) is 5.02 Å². The Labute approximate surface area is 250 Å². The second-order valence-corrected chi connectivity index (χ2v) is 12.8. The summed E-state index contributed by atoms with van der Waals surface area (Å²) in [4.78, 5) is 24.0. The van der Waals surface area contributed by atoms with Crippen LogP contribution in [-0.4, -0.2) is 54.8 Å². The van der Waals surface area contributed by atoms with Gasteiger partial charge in [0.25, 0.3) is 5.91 Å². The molecule has 1 saturated heterocycles. The van der Waals surface area contributed by atoms with Crippen molar-refractivity contribution < 1.29 is 9.90 Å². The number of nitrogens with zero attached hydrogens (tertiary/aromatic N) is 6. The molecule has 1 saturated carbocycles. The van der Waals surface area contributed by atoms with E-state index in [1.165, 1.54) is 0 Å². The maximum Gasteiger partial charge on any atom is 0.271 e. The van der Waals surface area contributed by atoms with Crippen LogP contribution in [0.1, 0.15) is 74.0 Å². The molecular formula is C32H34ClN7O2. The minimum absolute atomic E-state index is 0.241. The van der Waals surface area contributed by atoms with Crippen LogP contribution in [0.15, 0.2) is 55.1 Å². The molecule has 2 aliphatic rings. The Bertz CT molecular complexity index is 1670. The second kappa shape index (κ2) is 10.7. The summed E-state index contributed by atoms with van der Waals surface area (Å²) in [7, 11) is 0. The summed E-state index contributed by atoms with van der Waals surface area (Å²) in [5, 5.41) is 28.1. The van der Waals surface area contributed by atoms with Gasteiger partial charge in [-0.25, -0.2) is 14.5 Å². The first-order valence-electron chi connectivity index (χ1n) is 14.3. The quantitative estimate of drug-likeness (QED) is 0.313. The number of carbonyl (C=O) groups is 1. The first kappa shape index (κ1) is 28.1. The summed E-state index contributed by atoms with van der Waals surface area (Å²) in [6.45, 7) is 7.28. The minimum atomic E-state index is -0.687. The molecule has 5 heterocycles. The average Bonchev–Trinajstić information content (AvgIpc) is 3.35. The number of halogens is 1. The Morgan fingerprint density at radius 3 is 2.60 bits per heavy atom. The molecule has 0 bridgehead atoms. The predicted octanol–water partition coefficient (Wildman–Crippen LogP) is 5.37. The number of nitriles is 1. The van der Waals surface area contributed by atoms with Crippen LogP contribution in [0.3, 0.4) is 0 Å². The smallest absolute Gasteiger partial charge is 0.271 e. The van der Waals surface area contributed by atoms with Crippen LogP contribution >= 0.6 is 11.6 Å². The first-order chi connectivity index (χ1) is 20.0. The molecule has 1 aliphatic carbocycles. The molecule has 4 aromatic heterocycles. The molecule has 1 amide bonds. The second-order valence-electron chi connectivity index (χ2n) is 12.4. The number of hydrogen-bond acceptors (Lipinski definition) is 7. The van der Waals surface area contributed by atoms with Gasteiger partial charge in [0.2, 0.25) is 0 Å². The Morgan fingerprint density at radius 1 is 1.19 bits per heavy atom. The normalized spacial score (nSPS) is 20.1. The lowest BCUT2D eigenvalue weighted by molar-refractivity contribution is -0.0274.